The highest BCUT2D eigenvalue weighted by atomic mass is 35.5. The standard InChI is InChI=1S/C20H15ClN4O2S/c21-14-7-5-13(6-8-14)15-9-10-18(26)25(24-15)12-11-22-19(27)20-23-16-3-1-2-4-17(16)28-20/h1-10H,11-12H2,(H,22,27). The van der Waals surface area contributed by atoms with Gasteiger partial charge < -0.3 is 5.32 Å². The summed E-state index contributed by atoms with van der Waals surface area (Å²) < 4.78 is 2.30. The van der Waals surface area contributed by atoms with Crippen LogP contribution in [-0.4, -0.2) is 27.2 Å². The smallest absolute Gasteiger partial charge is 0.280 e. The van der Waals surface area contributed by atoms with Crippen LogP contribution in [0.5, 0.6) is 0 Å². The van der Waals surface area contributed by atoms with Crippen LogP contribution in [-0.2, 0) is 6.54 Å². The van der Waals surface area contributed by atoms with Gasteiger partial charge in [0.25, 0.3) is 11.5 Å². The van der Waals surface area contributed by atoms with E-state index in [0.29, 0.717) is 15.7 Å². The molecular formula is C20H15ClN4O2S. The van der Waals surface area contributed by atoms with E-state index < -0.39 is 0 Å². The number of nitrogens with one attached hydrogen (secondary N) is 1. The number of rotatable bonds is 5. The summed E-state index contributed by atoms with van der Waals surface area (Å²) in [7, 11) is 0. The molecule has 0 saturated carbocycles. The van der Waals surface area contributed by atoms with Crippen LogP contribution in [0.3, 0.4) is 0 Å². The summed E-state index contributed by atoms with van der Waals surface area (Å²) in [5.41, 5.74) is 2.09. The molecule has 0 saturated heterocycles. The molecule has 0 bridgehead atoms. The topological polar surface area (TPSA) is 76.9 Å². The van der Waals surface area contributed by atoms with Crippen LogP contribution >= 0.6 is 22.9 Å². The average molecular weight is 411 g/mol. The number of para-hydroxylation sites is 1. The van der Waals surface area contributed by atoms with Gasteiger partial charge in [0, 0.05) is 23.2 Å². The lowest BCUT2D eigenvalue weighted by Gasteiger charge is -2.08. The van der Waals surface area contributed by atoms with E-state index in [1.165, 1.54) is 22.1 Å². The Balaban J connectivity index is 1.44. The first-order chi connectivity index (χ1) is 13.6. The average Bonchev–Trinajstić information content (AvgIpc) is 3.14. The van der Waals surface area contributed by atoms with Gasteiger partial charge in [-0.2, -0.15) is 5.10 Å². The minimum atomic E-state index is -0.261. The molecule has 0 radical (unpaired) electrons. The zero-order valence-corrected chi connectivity index (χ0v) is 16.2. The molecule has 6 nitrogen and oxygen atoms in total. The van der Waals surface area contributed by atoms with Crippen LogP contribution in [0, 0.1) is 0 Å². The summed E-state index contributed by atoms with van der Waals surface area (Å²) in [6, 6.07) is 17.9. The molecule has 0 aliphatic rings. The third kappa shape index (κ3) is 3.95. The zero-order valence-electron chi connectivity index (χ0n) is 14.6. The van der Waals surface area contributed by atoms with Gasteiger partial charge in [-0.15, -0.1) is 11.3 Å². The van der Waals surface area contributed by atoms with Crippen molar-refractivity contribution in [2.75, 3.05) is 6.54 Å². The molecule has 0 unspecified atom stereocenters. The van der Waals surface area contributed by atoms with Crippen molar-refractivity contribution in [1.29, 1.82) is 0 Å². The number of carbonyl (C=O) groups is 1. The number of carbonyl (C=O) groups excluding carboxylic acids is 1. The zero-order chi connectivity index (χ0) is 19.5. The maximum absolute atomic E-state index is 12.3. The summed E-state index contributed by atoms with van der Waals surface area (Å²) in [6.45, 7) is 0.530. The molecule has 2 aromatic heterocycles. The summed E-state index contributed by atoms with van der Waals surface area (Å²) in [4.78, 5) is 28.7. The monoisotopic (exact) mass is 410 g/mol. The van der Waals surface area contributed by atoms with Gasteiger partial charge in [-0.3, -0.25) is 9.59 Å². The van der Waals surface area contributed by atoms with E-state index in [4.69, 9.17) is 11.6 Å². The summed E-state index contributed by atoms with van der Waals surface area (Å²) >= 11 is 7.25. The lowest BCUT2D eigenvalue weighted by Crippen LogP contribution is -2.31. The number of amides is 1. The number of benzene rings is 2. The summed E-state index contributed by atoms with van der Waals surface area (Å²) in [5.74, 6) is -0.261. The first-order valence-corrected chi connectivity index (χ1v) is 9.77. The second-order valence-corrected chi connectivity index (χ2v) is 7.50. The van der Waals surface area contributed by atoms with Gasteiger partial charge in [0.2, 0.25) is 0 Å². The Hall–Kier alpha value is -3.03. The summed E-state index contributed by atoms with van der Waals surface area (Å²) in [6.07, 6.45) is 0. The number of hydrogen-bond acceptors (Lipinski definition) is 5. The number of hydrogen-bond donors (Lipinski definition) is 1. The Bertz CT molecular complexity index is 1170. The van der Waals surface area contributed by atoms with Gasteiger partial charge in [-0.1, -0.05) is 35.9 Å². The van der Waals surface area contributed by atoms with Crippen molar-refractivity contribution < 1.29 is 4.79 Å². The first-order valence-electron chi connectivity index (χ1n) is 8.58. The molecule has 8 heteroatoms. The SMILES string of the molecule is O=C(NCCn1nc(-c2ccc(Cl)cc2)ccc1=O)c1nc2ccccc2s1. The molecule has 0 aliphatic carbocycles. The largest absolute Gasteiger partial charge is 0.348 e. The normalized spacial score (nSPS) is 10.9. The number of nitrogens with zero attached hydrogens (tertiary/aromatic N) is 3. The molecule has 4 aromatic rings. The quantitative estimate of drug-likeness (QED) is 0.545. The fourth-order valence-corrected chi connectivity index (χ4v) is 3.71. The Labute approximate surface area is 169 Å². The highest BCUT2D eigenvalue weighted by Crippen LogP contribution is 2.21. The molecule has 140 valence electrons. The van der Waals surface area contributed by atoms with Gasteiger partial charge in [0.1, 0.15) is 0 Å². The maximum atomic E-state index is 12.3. The Morgan fingerprint density at radius 3 is 2.64 bits per heavy atom. The van der Waals surface area contributed by atoms with Gasteiger partial charge in [-0.25, -0.2) is 9.67 Å². The molecule has 4 rings (SSSR count). The van der Waals surface area contributed by atoms with Crippen molar-refractivity contribution in [3.8, 4) is 11.3 Å². The first kappa shape index (κ1) is 18.3. The van der Waals surface area contributed by atoms with E-state index in [0.717, 1.165) is 15.8 Å². The van der Waals surface area contributed by atoms with Crippen molar-refractivity contribution in [3.05, 3.63) is 81.0 Å². The lowest BCUT2D eigenvalue weighted by atomic mass is 10.1. The highest BCUT2D eigenvalue weighted by Gasteiger charge is 2.12. The van der Waals surface area contributed by atoms with Crippen LogP contribution in [0.2, 0.25) is 5.02 Å². The Kier molecular flexibility index (Phi) is 5.18. The van der Waals surface area contributed by atoms with Crippen LogP contribution in [0.25, 0.3) is 21.5 Å². The van der Waals surface area contributed by atoms with Crippen LogP contribution in [0.4, 0.5) is 0 Å². The Morgan fingerprint density at radius 1 is 1.07 bits per heavy atom. The van der Waals surface area contributed by atoms with Crippen molar-refractivity contribution in [3.63, 3.8) is 0 Å². The van der Waals surface area contributed by atoms with E-state index in [-0.39, 0.29) is 24.6 Å². The van der Waals surface area contributed by atoms with Gasteiger partial charge in [0.15, 0.2) is 5.01 Å². The molecule has 0 atom stereocenters. The van der Waals surface area contributed by atoms with Crippen molar-refractivity contribution in [1.82, 2.24) is 20.1 Å². The maximum Gasteiger partial charge on any atom is 0.280 e. The number of thiazole rings is 1. The number of halogens is 1. The van der Waals surface area contributed by atoms with Gasteiger partial charge >= 0.3 is 0 Å². The molecule has 28 heavy (non-hydrogen) atoms. The fourth-order valence-electron chi connectivity index (χ4n) is 2.70. The van der Waals surface area contributed by atoms with E-state index >= 15 is 0 Å². The van der Waals surface area contributed by atoms with Crippen molar-refractivity contribution >= 4 is 39.1 Å². The van der Waals surface area contributed by atoms with E-state index in [1.807, 2.05) is 36.4 Å². The molecule has 0 aliphatic heterocycles. The number of fused-ring (bicyclic) bond motifs is 1. The second-order valence-electron chi connectivity index (χ2n) is 6.03. The molecule has 2 heterocycles. The van der Waals surface area contributed by atoms with Crippen LogP contribution < -0.4 is 10.9 Å². The molecule has 2 aromatic carbocycles. The molecule has 1 amide bonds. The van der Waals surface area contributed by atoms with Crippen LogP contribution in [0.1, 0.15) is 9.80 Å². The lowest BCUT2D eigenvalue weighted by molar-refractivity contribution is 0.0951. The minimum Gasteiger partial charge on any atom is -0.348 e. The summed E-state index contributed by atoms with van der Waals surface area (Å²) in [5, 5.41) is 8.20. The predicted octanol–water partition coefficient (Wildman–Crippen LogP) is 3.60. The van der Waals surface area contributed by atoms with E-state index in [1.54, 1.807) is 18.2 Å². The predicted molar refractivity (Wildman–Crippen MR) is 111 cm³/mol. The molecule has 0 spiro atoms. The molecule has 1 N–H and O–H groups in total. The third-order valence-electron chi connectivity index (χ3n) is 4.10. The fraction of sp³-hybridized carbons (Fsp3) is 0.100. The second kappa shape index (κ2) is 7.92. The minimum absolute atomic E-state index is 0.230. The number of aromatic nitrogens is 3. The van der Waals surface area contributed by atoms with Gasteiger partial charge in [-0.05, 0) is 30.3 Å². The Morgan fingerprint density at radius 2 is 1.86 bits per heavy atom. The van der Waals surface area contributed by atoms with Crippen molar-refractivity contribution in [2.24, 2.45) is 0 Å². The van der Waals surface area contributed by atoms with Gasteiger partial charge in [0.05, 0.1) is 22.5 Å². The third-order valence-corrected chi connectivity index (χ3v) is 5.39. The van der Waals surface area contributed by atoms with Crippen LogP contribution in [0.15, 0.2) is 65.5 Å². The van der Waals surface area contributed by atoms with E-state index in [9.17, 15) is 9.59 Å². The molecular weight excluding hydrogens is 396 g/mol. The van der Waals surface area contributed by atoms with Crippen molar-refractivity contribution in [2.45, 2.75) is 6.54 Å². The molecule has 0 fully saturated rings. The van der Waals surface area contributed by atoms with E-state index in [2.05, 4.69) is 15.4 Å². The highest BCUT2D eigenvalue weighted by molar-refractivity contribution is 7.20.